The van der Waals surface area contributed by atoms with Crippen molar-refractivity contribution in [2.24, 2.45) is 0 Å². The van der Waals surface area contributed by atoms with Gasteiger partial charge in [-0.15, -0.1) is 0 Å². The smallest absolute Gasteiger partial charge is 0.337 e. The first-order chi connectivity index (χ1) is 13.5. The van der Waals surface area contributed by atoms with E-state index in [1.54, 1.807) is 12.1 Å². The van der Waals surface area contributed by atoms with E-state index < -0.39 is 17.8 Å². The average Bonchev–Trinajstić information content (AvgIpc) is 2.72. The van der Waals surface area contributed by atoms with Crippen LogP contribution in [0.1, 0.15) is 15.9 Å². The summed E-state index contributed by atoms with van der Waals surface area (Å²) < 4.78 is 9.66. The van der Waals surface area contributed by atoms with Gasteiger partial charge in [0.2, 0.25) is 0 Å². The topological polar surface area (TPSA) is 81.7 Å². The van der Waals surface area contributed by atoms with Crippen LogP contribution in [0.25, 0.3) is 10.8 Å². The second-order valence-corrected chi connectivity index (χ2v) is 6.14. The number of carbonyl (C=O) groups is 3. The lowest BCUT2D eigenvalue weighted by atomic mass is 10.1. The number of benzene rings is 3. The van der Waals surface area contributed by atoms with Crippen molar-refractivity contribution in [3.63, 3.8) is 0 Å². The summed E-state index contributed by atoms with van der Waals surface area (Å²) in [5.41, 5.74) is 1.69. The highest BCUT2D eigenvalue weighted by Crippen LogP contribution is 2.16. The van der Waals surface area contributed by atoms with Gasteiger partial charge in [-0.25, -0.2) is 4.79 Å². The maximum Gasteiger partial charge on any atom is 0.337 e. The lowest BCUT2D eigenvalue weighted by Gasteiger charge is -2.08. The summed E-state index contributed by atoms with van der Waals surface area (Å²) >= 11 is 0. The molecule has 0 radical (unpaired) electrons. The van der Waals surface area contributed by atoms with Gasteiger partial charge in [-0.3, -0.25) is 9.59 Å². The molecule has 0 saturated heterocycles. The SMILES string of the molecule is COC(=O)c1ccc(NC(=O)COC(=O)Cc2ccc3ccccc3c2)cc1. The lowest BCUT2D eigenvalue weighted by Crippen LogP contribution is -2.21. The maximum absolute atomic E-state index is 12.0. The Morgan fingerprint density at radius 1 is 0.893 bits per heavy atom. The molecule has 0 aliphatic heterocycles. The molecule has 6 nitrogen and oxygen atoms in total. The minimum Gasteiger partial charge on any atom is -0.465 e. The third-order valence-electron chi connectivity index (χ3n) is 4.12. The quantitative estimate of drug-likeness (QED) is 0.666. The molecule has 0 bridgehead atoms. The Labute approximate surface area is 162 Å². The Morgan fingerprint density at radius 2 is 1.61 bits per heavy atom. The minimum absolute atomic E-state index is 0.0892. The van der Waals surface area contributed by atoms with E-state index in [-0.39, 0.29) is 13.0 Å². The molecule has 3 rings (SSSR count). The van der Waals surface area contributed by atoms with Crippen LogP contribution in [0.4, 0.5) is 5.69 Å². The average molecular weight is 377 g/mol. The standard InChI is InChI=1S/C22H19NO5/c1-27-22(26)17-8-10-19(11-9-17)23-20(24)14-28-21(25)13-15-6-7-16-4-2-3-5-18(16)12-15/h2-12H,13-14H2,1H3,(H,23,24). The van der Waals surface area contributed by atoms with Crippen LogP contribution in [0.2, 0.25) is 0 Å². The van der Waals surface area contributed by atoms with Crippen LogP contribution >= 0.6 is 0 Å². The van der Waals surface area contributed by atoms with Gasteiger partial charge in [-0.05, 0) is 40.6 Å². The molecular weight excluding hydrogens is 358 g/mol. The number of rotatable bonds is 6. The monoisotopic (exact) mass is 377 g/mol. The predicted octanol–water partition coefficient (Wildman–Crippen LogP) is 3.35. The molecule has 0 unspecified atom stereocenters. The zero-order valence-electron chi connectivity index (χ0n) is 15.3. The Balaban J connectivity index is 1.49. The van der Waals surface area contributed by atoms with E-state index in [0.29, 0.717) is 11.3 Å². The molecule has 0 fully saturated rings. The molecule has 0 saturated carbocycles. The molecule has 1 amide bonds. The van der Waals surface area contributed by atoms with Gasteiger partial charge >= 0.3 is 11.9 Å². The van der Waals surface area contributed by atoms with Gasteiger partial charge in [0.1, 0.15) is 0 Å². The summed E-state index contributed by atoms with van der Waals surface area (Å²) in [4.78, 5) is 35.3. The third-order valence-corrected chi connectivity index (χ3v) is 4.12. The fraction of sp³-hybridized carbons (Fsp3) is 0.136. The maximum atomic E-state index is 12.0. The number of hydrogen-bond donors (Lipinski definition) is 1. The number of fused-ring (bicyclic) bond motifs is 1. The van der Waals surface area contributed by atoms with E-state index in [4.69, 9.17) is 4.74 Å². The fourth-order valence-electron chi connectivity index (χ4n) is 2.72. The van der Waals surface area contributed by atoms with Crippen LogP contribution in [-0.2, 0) is 25.5 Å². The Morgan fingerprint density at radius 3 is 2.32 bits per heavy atom. The lowest BCUT2D eigenvalue weighted by molar-refractivity contribution is -0.146. The van der Waals surface area contributed by atoms with Crippen molar-refractivity contribution in [1.29, 1.82) is 0 Å². The third kappa shape index (κ3) is 4.94. The molecule has 0 spiro atoms. The van der Waals surface area contributed by atoms with Gasteiger partial charge in [0.05, 0.1) is 19.1 Å². The summed E-state index contributed by atoms with van der Waals surface area (Å²) in [6, 6.07) is 19.8. The molecule has 3 aromatic carbocycles. The van der Waals surface area contributed by atoms with E-state index in [1.165, 1.54) is 19.2 Å². The van der Waals surface area contributed by atoms with Crippen LogP contribution in [0.15, 0.2) is 66.7 Å². The van der Waals surface area contributed by atoms with Crippen LogP contribution in [0.5, 0.6) is 0 Å². The van der Waals surface area contributed by atoms with E-state index in [0.717, 1.165) is 16.3 Å². The number of carbonyl (C=O) groups excluding carboxylic acids is 3. The summed E-state index contributed by atoms with van der Waals surface area (Å²) in [5.74, 6) is -1.40. The van der Waals surface area contributed by atoms with Crippen LogP contribution in [0, 0.1) is 0 Å². The minimum atomic E-state index is -0.480. The van der Waals surface area contributed by atoms with Gasteiger partial charge < -0.3 is 14.8 Å². The van der Waals surface area contributed by atoms with Crippen LogP contribution < -0.4 is 5.32 Å². The number of anilines is 1. The first-order valence-electron chi connectivity index (χ1n) is 8.66. The highest BCUT2D eigenvalue weighted by molar-refractivity contribution is 5.94. The predicted molar refractivity (Wildman–Crippen MR) is 105 cm³/mol. The Kier molecular flexibility index (Phi) is 6.01. The number of nitrogens with one attached hydrogen (secondary N) is 1. The highest BCUT2D eigenvalue weighted by Gasteiger charge is 2.10. The van der Waals surface area contributed by atoms with Gasteiger partial charge in [-0.2, -0.15) is 0 Å². The number of methoxy groups -OCH3 is 1. The first kappa shape index (κ1) is 19.1. The molecule has 0 heterocycles. The van der Waals surface area contributed by atoms with Crippen LogP contribution in [-0.4, -0.2) is 31.6 Å². The van der Waals surface area contributed by atoms with Crippen molar-refractivity contribution in [3.05, 3.63) is 77.9 Å². The van der Waals surface area contributed by atoms with E-state index >= 15 is 0 Å². The zero-order chi connectivity index (χ0) is 19.9. The molecular formula is C22H19NO5. The van der Waals surface area contributed by atoms with Crippen molar-refractivity contribution >= 4 is 34.3 Å². The molecule has 6 heteroatoms. The number of hydrogen-bond acceptors (Lipinski definition) is 5. The molecule has 1 N–H and O–H groups in total. The van der Waals surface area contributed by atoms with E-state index in [9.17, 15) is 14.4 Å². The molecule has 0 aromatic heterocycles. The zero-order valence-corrected chi connectivity index (χ0v) is 15.3. The van der Waals surface area contributed by atoms with E-state index in [2.05, 4.69) is 10.1 Å². The summed E-state index contributed by atoms with van der Waals surface area (Å²) in [6.45, 7) is -0.384. The number of amides is 1. The number of esters is 2. The molecule has 0 atom stereocenters. The molecule has 28 heavy (non-hydrogen) atoms. The van der Waals surface area contributed by atoms with Crippen molar-refractivity contribution in [1.82, 2.24) is 0 Å². The van der Waals surface area contributed by atoms with Crippen LogP contribution in [0.3, 0.4) is 0 Å². The second-order valence-electron chi connectivity index (χ2n) is 6.14. The summed E-state index contributed by atoms with van der Waals surface area (Å²) in [6.07, 6.45) is 0.0892. The van der Waals surface area contributed by atoms with Gasteiger partial charge in [0.25, 0.3) is 5.91 Å². The summed E-state index contributed by atoms with van der Waals surface area (Å²) in [5, 5.41) is 4.74. The molecule has 3 aromatic rings. The summed E-state index contributed by atoms with van der Waals surface area (Å²) in [7, 11) is 1.30. The van der Waals surface area contributed by atoms with Gasteiger partial charge in [0.15, 0.2) is 6.61 Å². The van der Waals surface area contributed by atoms with Crippen molar-refractivity contribution < 1.29 is 23.9 Å². The van der Waals surface area contributed by atoms with Gasteiger partial charge in [-0.1, -0.05) is 42.5 Å². The van der Waals surface area contributed by atoms with Crippen molar-refractivity contribution in [2.45, 2.75) is 6.42 Å². The van der Waals surface area contributed by atoms with Gasteiger partial charge in [0, 0.05) is 5.69 Å². The Bertz CT molecular complexity index is 1010. The molecule has 142 valence electrons. The van der Waals surface area contributed by atoms with E-state index in [1.807, 2.05) is 42.5 Å². The number of ether oxygens (including phenoxy) is 2. The highest BCUT2D eigenvalue weighted by atomic mass is 16.5. The largest absolute Gasteiger partial charge is 0.465 e. The Hall–Kier alpha value is -3.67. The fourth-order valence-corrected chi connectivity index (χ4v) is 2.72. The van der Waals surface area contributed by atoms with Crippen molar-refractivity contribution in [2.75, 3.05) is 19.0 Å². The first-order valence-corrected chi connectivity index (χ1v) is 8.66. The molecule has 0 aliphatic carbocycles. The normalized spacial score (nSPS) is 10.3. The second kappa shape index (κ2) is 8.81. The molecule has 0 aliphatic rings. The van der Waals surface area contributed by atoms with Crippen molar-refractivity contribution in [3.8, 4) is 0 Å².